The molecule has 0 aliphatic heterocycles. The summed E-state index contributed by atoms with van der Waals surface area (Å²) in [4.78, 5) is 2.00. The molecule has 92 valence electrons. The Morgan fingerprint density at radius 3 is 2.76 bits per heavy atom. The van der Waals surface area contributed by atoms with Gasteiger partial charge in [-0.2, -0.15) is 0 Å². The third-order valence-corrected chi connectivity index (χ3v) is 2.07. The Labute approximate surface area is 101 Å². The third-order valence-electron chi connectivity index (χ3n) is 2.07. The summed E-state index contributed by atoms with van der Waals surface area (Å²) >= 11 is 0. The highest BCUT2D eigenvalue weighted by Gasteiger charge is 2.02. The molecule has 0 amide bonds. The maximum absolute atomic E-state index is 13.5. The largest absolute Gasteiger partial charge is 0.492 e. The van der Waals surface area contributed by atoms with Crippen LogP contribution in [0.4, 0.5) is 4.39 Å². The molecule has 0 saturated heterocycles. The zero-order valence-electron chi connectivity index (χ0n) is 10.2. The number of rotatable bonds is 4. The molecule has 0 radical (unpaired) electrons. The molecule has 2 N–H and O–H groups in total. The summed E-state index contributed by atoms with van der Waals surface area (Å²) in [5.41, 5.74) is 5.57. The molecule has 1 aromatic rings. The van der Waals surface area contributed by atoms with Gasteiger partial charge in [0.05, 0.1) is 12.1 Å². The van der Waals surface area contributed by atoms with Crippen LogP contribution in [0.1, 0.15) is 5.56 Å². The van der Waals surface area contributed by atoms with Crippen LogP contribution in [-0.2, 0) is 0 Å². The van der Waals surface area contributed by atoms with Gasteiger partial charge < -0.3 is 15.4 Å². The van der Waals surface area contributed by atoms with Gasteiger partial charge in [-0.1, -0.05) is 11.8 Å². The van der Waals surface area contributed by atoms with E-state index in [1.54, 1.807) is 12.1 Å². The first kappa shape index (κ1) is 13.5. The molecule has 0 aliphatic rings. The predicted octanol–water partition coefficient (Wildman–Crippen LogP) is 1.08. The van der Waals surface area contributed by atoms with Gasteiger partial charge in [-0.25, -0.2) is 4.39 Å². The van der Waals surface area contributed by atoms with E-state index in [-0.39, 0.29) is 12.4 Å². The van der Waals surface area contributed by atoms with Gasteiger partial charge in [0.2, 0.25) is 0 Å². The minimum absolute atomic E-state index is 0.223. The van der Waals surface area contributed by atoms with Crippen LogP contribution in [0.15, 0.2) is 18.2 Å². The highest BCUT2D eigenvalue weighted by Crippen LogP contribution is 2.15. The van der Waals surface area contributed by atoms with Crippen molar-refractivity contribution in [2.24, 2.45) is 5.73 Å². The molecule has 1 rings (SSSR count). The minimum Gasteiger partial charge on any atom is -0.492 e. The summed E-state index contributed by atoms with van der Waals surface area (Å²) in [6, 6.07) is 4.65. The monoisotopic (exact) mass is 236 g/mol. The maximum atomic E-state index is 13.5. The van der Waals surface area contributed by atoms with Gasteiger partial charge in [0.25, 0.3) is 0 Å². The summed E-state index contributed by atoms with van der Waals surface area (Å²) in [6.07, 6.45) is 0. The Morgan fingerprint density at radius 1 is 1.41 bits per heavy atom. The molecule has 17 heavy (non-hydrogen) atoms. The van der Waals surface area contributed by atoms with Crippen molar-refractivity contribution < 1.29 is 9.13 Å². The van der Waals surface area contributed by atoms with Crippen molar-refractivity contribution in [2.75, 3.05) is 33.8 Å². The molecule has 1 aromatic carbocycles. The predicted molar refractivity (Wildman–Crippen MR) is 66.4 cm³/mol. The Morgan fingerprint density at radius 2 is 2.18 bits per heavy atom. The number of hydrogen-bond donors (Lipinski definition) is 1. The topological polar surface area (TPSA) is 38.5 Å². The summed E-state index contributed by atoms with van der Waals surface area (Å²) in [5, 5.41) is 0. The third kappa shape index (κ3) is 4.85. The average Bonchev–Trinajstić information content (AvgIpc) is 2.27. The van der Waals surface area contributed by atoms with Gasteiger partial charge in [-0.05, 0) is 26.2 Å². The van der Waals surface area contributed by atoms with Gasteiger partial charge in [0, 0.05) is 12.6 Å². The zero-order valence-corrected chi connectivity index (χ0v) is 10.2. The second-order valence-electron chi connectivity index (χ2n) is 3.80. The number of likely N-dealkylation sites (N-methyl/N-ethyl adjacent to an activating group) is 1. The number of benzene rings is 1. The number of ether oxygens (including phenoxy) is 1. The second kappa shape index (κ2) is 6.89. The smallest absolute Gasteiger partial charge is 0.142 e. The minimum atomic E-state index is -0.381. The van der Waals surface area contributed by atoms with Crippen LogP contribution in [0.25, 0.3) is 0 Å². The molecule has 0 atom stereocenters. The van der Waals surface area contributed by atoms with Crippen LogP contribution in [0.2, 0.25) is 0 Å². The molecule has 3 nitrogen and oxygen atoms in total. The molecular weight excluding hydrogens is 219 g/mol. The quantitative estimate of drug-likeness (QED) is 0.795. The van der Waals surface area contributed by atoms with Gasteiger partial charge in [0.15, 0.2) is 0 Å². The van der Waals surface area contributed by atoms with E-state index in [0.717, 1.165) is 6.54 Å². The van der Waals surface area contributed by atoms with E-state index in [4.69, 9.17) is 10.5 Å². The lowest BCUT2D eigenvalue weighted by Crippen LogP contribution is -2.19. The fourth-order valence-corrected chi connectivity index (χ4v) is 1.18. The van der Waals surface area contributed by atoms with Crippen molar-refractivity contribution in [1.82, 2.24) is 4.90 Å². The van der Waals surface area contributed by atoms with Gasteiger partial charge in [0.1, 0.15) is 18.2 Å². The van der Waals surface area contributed by atoms with Crippen molar-refractivity contribution >= 4 is 0 Å². The molecular formula is C13H17FN2O. The van der Waals surface area contributed by atoms with Gasteiger partial charge in [-0.3, -0.25) is 0 Å². The Kier molecular flexibility index (Phi) is 5.47. The SMILES string of the molecule is CN(C)CCOc1ccc(C#CCN)c(F)c1. The van der Waals surface area contributed by atoms with Crippen LogP contribution in [0.5, 0.6) is 5.75 Å². The Balaban J connectivity index is 2.62. The molecule has 0 saturated carbocycles. The number of nitrogens with two attached hydrogens (primary N) is 1. The van der Waals surface area contributed by atoms with Crippen molar-refractivity contribution in [3.05, 3.63) is 29.6 Å². The highest BCUT2D eigenvalue weighted by atomic mass is 19.1. The normalized spacial score (nSPS) is 9.94. The van der Waals surface area contributed by atoms with Crippen molar-refractivity contribution in [3.8, 4) is 17.6 Å². The maximum Gasteiger partial charge on any atom is 0.142 e. The number of hydrogen-bond acceptors (Lipinski definition) is 3. The average molecular weight is 236 g/mol. The van der Waals surface area contributed by atoms with Crippen LogP contribution in [0.3, 0.4) is 0 Å². The molecule has 0 fully saturated rings. The van der Waals surface area contributed by atoms with E-state index >= 15 is 0 Å². The van der Waals surface area contributed by atoms with Gasteiger partial charge >= 0.3 is 0 Å². The molecule has 0 bridgehead atoms. The lowest BCUT2D eigenvalue weighted by Gasteiger charge is -2.11. The van der Waals surface area contributed by atoms with E-state index < -0.39 is 0 Å². The lowest BCUT2D eigenvalue weighted by molar-refractivity contribution is 0.260. The molecule has 0 aromatic heterocycles. The van der Waals surface area contributed by atoms with Crippen LogP contribution >= 0.6 is 0 Å². The van der Waals surface area contributed by atoms with E-state index in [2.05, 4.69) is 11.8 Å². The molecule has 0 spiro atoms. The Hall–Kier alpha value is -1.57. The van der Waals surface area contributed by atoms with Crippen molar-refractivity contribution in [2.45, 2.75) is 0 Å². The fraction of sp³-hybridized carbons (Fsp3) is 0.385. The fourth-order valence-electron chi connectivity index (χ4n) is 1.18. The summed E-state index contributed by atoms with van der Waals surface area (Å²) in [5.74, 6) is 5.41. The highest BCUT2D eigenvalue weighted by molar-refractivity contribution is 5.39. The van der Waals surface area contributed by atoms with Crippen LogP contribution in [-0.4, -0.2) is 38.7 Å². The van der Waals surface area contributed by atoms with Crippen LogP contribution in [0, 0.1) is 17.7 Å². The lowest BCUT2D eigenvalue weighted by atomic mass is 10.2. The zero-order chi connectivity index (χ0) is 12.7. The molecule has 0 aliphatic carbocycles. The van der Waals surface area contributed by atoms with Crippen molar-refractivity contribution in [3.63, 3.8) is 0 Å². The van der Waals surface area contributed by atoms with E-state index in [1.807, 2.05) is 19.0 Å². The van der Waals surface area contributed by atoms with E-state index in [1.165, 1.54) is 6.07 Å². The van der Waals surface area contributed by atoms with E-state index in [9.17, 15) is 4.39 Å². The molecule has 0 unspecified atom stereocenters. The standard InChI is InChI=1S/C13H17FN2O/c1-16(2)8-9-17-12-6-5-11(4-3-7-15)13(14)10-12/h5-6,10H,7-9,15H2,1-2H3. The van der Waals surface area contributed by atoms with E-state index in [0.29, 0.717) is 17.9 Å². The first-order valence-corrected chi connectivity index (χ1v) is 5.39. The second-order valence-corrected chi connectivity index (χ2v) is 3.80. The van der Waals surface area contributed by atoms with Crippen molar-refractivity contribution in [1.29, 1.82) is 0 Å². The van der Waals surface area contributed by atoms with Crippen LogP contribution < -0.4 is 10.5 Å². The molecule has 0 heterocycles. The first-order chi connectivity index (χ1) is 8.13. The number of halogens is 1. The summed E-state index contributed by atoms with van der Waals surface area (Å²) in [6.45, 7) is 1.54. The molecule has 4 heteroatoms. The summed E-state index contributed by atoms with van der Waals surface area (Å²) in [7, 11) is 3.91. The number of nitrogens with zero attached hydrogens (tertiary/aromatic N) is 1. The van der Waals surface area contributed by atoms with Gasteiger partial charge in [-0.15, -0.1) is 0 Å². The first-order valence-electron chi connectivity index (χ1n) is 5.39. The Bertz CT molecular complexity index is 421. The summed E-state index contributed by atoms with van der Waals surface area (Å²) < 4.78 is 18.9.